The Hall–Kier alpha value is -0.900. The highest BCUT2D eigenvalue weighted by Crippen LogP contribution is 2.05. The summed E-state index contributed by atoms with van der Waals surface area (Å²) in [6, 6.07) is 10.3. The van der Waals surface area contributed by atoms with Gasteiger partial charge in [0.05, 0.1) is 19.9 Å². The zero-order valence-electron chi connectivity index (χ0n) is 8.11. The Morgan fingerprint density at radius 1 is 1.21 bits per heavy atom. The Kier molecular flexibility index (Phi) is 3.51. The molecule has 1 unspecified atom stereocenters. The van der Waals surface area contributed by atoms with E-state index in [2.05, 4.69) is 17.4 Å². The Bertz CT molecular complexity index is 255. The lowest BCUT2D eigenvalue weighted by atomic mass is 10.1. The van der Waals surface area contributed by atoms with Gasteiger partial charge in [0.2, 0.25) is 0 Å². The molecule has 1 saturated heterocycles. The standard InChI is InChI=1S/C11H15NO2/c1-2-4-10(5-3-1)8-11-12-9-13-6-7-14-11/h1-5,11-12H,6-9H2. The first-order chi connectivity index (χ1) is 6.95. The van der Waals surface area contributed by atoms with Crippen molar-refractivity contribution >= 4 is 0 Å². The number of nitrogens with one attached hydrogen (secondary N) is 1. The fourth-order valence-corrected chi connectivity index (χ4v) is 1.49. The van der Waals surface area contributed by atoms with Crippen molar-refractivity contribution < 1.29 is 9.47 Å². The lowest BCUT2D eigenvalue weighted by molar-refractivity contribution is 0.0445. The molecule has 76 valence electrons. The highest BCUT2D eigenvalue weighted by molar-refractivity contribution is 5.15. The highest BCUT2D eigenvalue weighted by atomic mass is 16.6. The second-order valence-corrected chi connectivity index (χ2v) is 3.31. The summed E-state index contributed by atoms with van der Waals surface area (Å²) in [5, 5.41) is 3.19. The van der Waals surface area contributed by atoms with Gasteiger partial charge in [-0.25, -0.2) is 0 Å². The van der Waals surface area contributed by atoms with E-state index in [1.165, 1.54) is 5.56 Å². The lowest BCUT2D eigenvalue weighted by Gasteiger charge is -2.15. The monoisotopic (exact) mass is 193 g/mol. The van der Waals surface area contributed by atoms with Crippen molar-refractivity contribution in [2.75, 3.05) is 19.9 Å². The van der Waals surface area contributed by atoms with Crippen molar-refractivity contribution in [3.63, 3.8) is 0 Å². The molecule has 0 amide bonds. The highest BCUT2D eigenvalue weighted by Gasteiger charge is 2.11. The molecule has 0 saturated carbocycles. The van der Waals surface area contributed by atoms with Gasteiger partial charge in [0.1, 0.15) is 6.23 Å². The fourth-order valence-electron chi connectivity index (χ4n) is 1.49. The van der Waals surface area contributed by atoms with E-state index in [9.17, 15) is 0 Å². The van der Waals surface area contributed by atoms with Crippen LogP contribution in [0.5, 0.6) is 0 Å². The van der Waals surface area contributed by atoms with Gasteiger partial charge in [-0.15, -0.1) is 0 Å². The van der Waals surface area contributed by atoms with Crippen LogP contribution in [0.25, 0.3) is 0 Å². The molecule has 0 radical (unpaired) electrons. The van der Waals surface area contributed by atoms with Crippen LogP contribution >= 0.6 is 0 Å². The van der Waals surface area contributed by atoms with E-state index >= 15 is 0 Å². The van der Waals surface area contributed by atoms with Gasteiger partial charge in [-0.3, -0.25) is 5.32 Å². The van der Waals surface area contributed by atoms with Crippen LogP contribution in [-0.2, 0) is 15.9 Å². The minimum Gasteiger partial charge on any atom is -0.364 e. The summed E-state index contributed by atoms with van der Waals surface area (Å²) in [6.07, 6.45) is 0.976. The molecule has 0 aliphatic carbocycles. The molecule has 1 aromatic rings. The van der Waals surface area contributed by atoms with E-state index in [1.54, 1.807) is 0 Å². The molecule has 1 N–H and O–H groups in total. The largest absolute Gasteiger partial charge is 0.364 e. The second-order valence-electron chi connectivity index (χ2n) is 3.31. The molecule has 1 fully saturated rings. The van der Waals surface area contributed by atoms with Crippen molar-refractivity contribution in [1.29, 1.82) is 0 Å². The van der Waals surface area contributed by atoms with Crippen molar-refractivity contribution in [3.8, 4) is 0 Å². The van der Waals surface area contributed by atoms with E-state index in [0.29, 0.717) is 19.9 Å². The first-order valence-corrected chi connectivity index (χ1v) is 4.92. The predicted octanol–water partition coefficient (Wildman–Crippen LogP) is 1.15. The van der Waals surface area contributed by atoms with Crippen LogP contribution < -0.4 is 5.32 Å². The Morgan fingerprint density at radius 3 is 2.93 bits per heavy atom. The molecule has 3 heteroatoms. The normalized spacial score (nSPS) is 23.0. The third kappa shape index (κ3) is 2.80. The SMILES string of the molecule is c1ccc(CC2NCOCCO2)cc1. The van der Waals surface area contributed by atoms with E-state index < -0.39 is 0 Å². The molecule has 0 bridgehead atoms. The molecule has 1 aliphatic heterocycles. The van der Waals surface area contributed by atoms with E-state index in [4.69, 9.17) is 9.47 Å². The number of rotatable bonds is 2. The maximum absolute atomic E-state index is 5.57. The van der Waals surface area contributed by atoms with Gasteiger partial charge in [-0.1, -0.05) is 30.3 Å². The summed E-state index contributed by atoms with van der Waals surface area (Å²) in [6.45, 7) is 1.93. The van der Waals surface area contributed by atoms with Gasteiger partial charge in [-0.05, 0) is 5.56 Å². The zero-order valence-corrected chi connectivity index (χ0v) is 8.11. The van der Waals surface area contributed by atoms with Crippen LogP contribution in [-0.4, -0.2) is 26.2 Å². The molecule has 0 aromatic heterocycles. The Morgan fingerprint density at radius 2 is 2.07 bits per heavy atom. The predicted molar refractivity (Wildman–Crippen MR) is 53.8 cm³/mol. The van der Waals surface area contributed by atoms with Gasteiger partial charge < -0.3 is 9.47 Å². The van der Waals surface area contributed by atoms with Gasteiger partial charge in [0, 0.05) is 6.42 Å². The molecular formula is C11H15NO2. The quantitative estimate of drug-likeness (QED) is 0.764. The maximum Gasteiger partial charge on any atom is 0.114 e. The van der Waals surface area contributed by atoms with Gasteiger partial charge in [0.25, 0.3) is 0 Å². The Labute approximate surface area is 84.0 Å². The molecule has 14 heavy (non-hydrogen) atoms. The molecule has 2 rings (SSSR count). The van der Waals surface area contributed by atoms with Crippen LogP contribution in [0.4, 0.5) is 0 Å². The number of hydrogen-bond acceptors (Lipinski definition) is 3. The summed E-state index contributed by atoms with van der Waals surface area (Å²) < 4.78 is 10.8. The number of hydrogen-bond donors (Lipinski definition) is 1. The average Bonchev–Trinajstić information content (AvgIpc) is 2.48. The second kappa shape index (κ2) is 5.10. The molecule has 1 aliphatic rings. The summed E-state index contributed by atoms with van der Waals surface area (Å²) >= 11 is 0. The van der Waals surface area contributed by atoms with Crippen LogP contribution in [0.3, 0.4) is 0 Å². The first kappa shape index (κ1) is 9.65. The minimum atomic E-state index is 0.0832. The molecule has 1 heterocycles. The zero-order chi connectivity index (χ0) is 9.64. The topological polar surface area (TPSA) is 30.5 Å². The third-order valence-electron chi connectivity index (χ3n) is 2.22. The maximum atomic E-state index is 5.57. The average molecular weight is 193 g/mol. The van der Waals surface area contributed by atoms with Gasteiger partial charge in [-0.2, -0.15) is 0 Å². The smallest absolute Gasteiger partial charge is 0.114 e. The number of benzene rings is 1. The van der Waals surface area contributed by atoms with Crippen LogP contribution in [0.15, 0.2) is 30.3 Å². The van der Waals surface area contributed by atoms with Gasteiger partial charge in [0.15, 0.2) is 0 Å². The van der Waals surface area contributed by atoms with Crippen LogP contribution in [0.2, 0.25) is 0 Å². The summed E-state index contributed by atoms with van der Waals surface area (Å²) in [4.78, 5) is 0. The molecule has 0 spiro atoms. The van der Waals surface area contributed by atoms with Gasteiger partial charge >= 0.3 is 0 Å². The molecule has 3 nitrogen and oxygen atoms in total. The molecular weight excluding hydrogens is 178 g/mol. The van der Waals surface area contributed by atoms with Crippen molar-refractivity contribution in [2.24, 2.45) is 0 Å². The first-order valence-electron chi connectivity index (χ1n) is 4.92. The molecule has 1 aromatic carbocycles. The minimum absolute atomic E-state index is 0.0832. The third-order valence-corrected chi connectivity index (χ3v) is 2.22. The Balaban J connectivity index is 1.90. The van der Waals surface area contributed by atoms with Crippen LogP contribution in [0.1, 0.15) is 5.56 Å². The van der Waals surface area contributed by atoms with Crippen LogP contribution in [0, 0.1) is 0 Å². The summed E-state index contributed by atoms with van der Waals surface area (Å²) in [5.41, 5.74) is 1.28. The summed E-state index contributed by atoms with van der Waals surface area (Å²) in [7, 11) is 0. The van der Waals surface area contributed by atoms with E-state index in [1.807, 2.05) is 18.2 Å². The van der Waals surface area contributed by atoms with Crippen molar-refractivity contribution in [3.05, 3.63) is 35.9 Å². The number of ether oxygens (including phenoxy) is 2. The van der Waals surface area contributed by atoms with Crippen molar-refractivity contribution in [1.82, 2.24) is 5.32 Å². The fraction of sp³-hybridized carbons (Fsp3) is 0.455. The molecule has 1 atom stereocenters. The van der Waals surface area contributed by atoms with E-state index in [-0.39, 0.29) is 6.23 Å². The lowest BCUT2D eigenvalue weighted by Crippen LogP contribution is -2.32. The summed E-state index contributed by atoms with van der Waals surface area (Å²) in [5.74, 6) is 0. The van der Waals surface area contributed by atoms with Crippen molar-refractivity contribution in [2.45, 2.75) is 12.6 Å². The van der Waals surface area contributed by atoms with E-state index in [0.717, 1.165) is 6.42 Å².